The zero-order valence-electron chi connectivity index (χ0n) is 13.5. The number of benzene rings is 2. The van der Waals surface area contributed by atoms with Crippen molar-refractivity contribution in [3.05, 3.63) is 61.7 Å². The Morgan fingerprint density at radius 3 is 2.40 bits per heavy atom. The van der Waals surface area contributed by atoms with Gasteiger partial charge in [0, 0.05) is 22.5 Å². The lowest BCUT2D eigenvalue weighted by Crippen LogP contribution is -2.18. The van der Waals surface area contributed by atoms with Gasteiger partial charge in [0.15, 0.2) is 0 Å². The normalized spacial score (nSPS) is 11.1. The van der Waals surface area contributed by atoms with E-state index in [0.717, 1.165) is 16.5 Å². The fourth-order valence-electron chi connectivity index (χ4n) is 2.92. The summed E-state index contributed by atoms with van der Waals surface area (Å²) in [6.07, 6.45) is 0. The first kappa shape index (κ1) is 18.4. The predicted molar refractivity (Wildman–Crippen MR) is 107 cm³/mol. The van der Waals surface area contributed by atoms with E-state index in [9.17, 15) is 4.79 Å². The van der Waals surface area contributed by atoms with Crippen molar-refractivity contribution in [1.29, 1.82) is 0 Å². The van der Waals surface area contributed by atoms with E-state index in [0.29, 0.717) is 38.0 Å². The maximum absolute atomic E-state index is 12.9. The SMILES string of the molecule is CCn1c(C(=O)Nc2cc(Cl)c(Cl)cc2Cl)c(C)c2cc(Cl)ccc21. The molecule has 0 bridgehead atoms. The highest BCUT2D eigenvalue weighted by atomic mass is 35.5. The molecule has 130 valence electrons. The molecule has 0 atom stereocenters. The molecule has 7 heteroatoms. The molecule has 0 saturated heterocycles. The molecule has 1 N–H and O–H groups in total. The highest BCUT2D eigenvalue weighted by Crippen LogP contribution is 2.33. The van der Waals surface area contributed by atoms with E-state index < -0.39 is 0 Å². The minimum Gasteiger partial charge on any atom is -0.337 e. The molecule has 0 unspecified atom stereocenters. The topological polar surface area (TPSA) is 34.0 Å². The van der Waals surface area contributed by atoms with Crippen molar-refractivity contribution in [1.82, 2.24) is 4.57 Å². The summed E-state index contributed by atoms with van der Waals surface area (Å²) in [7, 11) is 0. The number of hydrogen-bond acceptors (Lipinski definition) is 1. The zero-order valence-corrected chi connectivity index (χ0v) is 16.5. The van der Waals surface area contributed by atoms with Crippen molar-refractivity contribution in [3.63, 3.8) is 0 Å². The van der Waals surface area contributed by atoms with Gasteiger partial charge < -0.3 is 9.88 Å². The Hall–Kier alpha value is -1.39. The van der Waals surface area contributed by atoms with Crippen LogP contribution in [0.1, 0.15) is 23.0 Å². The molecular weight excluding hydrogens is 402 g/mol. The standard InChI is InChI=1S/C18H14Cl4N2O/c1-3-24-16-5-4-10(19)6-11(16)9(2)17(24)18(25)23-15-8-13(21)12(20)7-14(15)22/h4-8H,3H2,1-2H3,(H,23,25). The van der Waals surface area contributed by atoms with Gasteiger partial charge in [-0.15, -0.1) is 0 Å². The summed E-state index contributed by atoms with van der Waals surface area (Å²) in [6, 6.07) is 8.63. The van der Waals surface area contributed by atoms with Crippen LogP contribution in [0.2, 0.25) is 20.1 Å². The number of carbonyl (C=O) groups is 1. The number of carbonyl (C=O) groups excluding carboxylic acids is 1. The largest absolute Gasteiger partial charge is 0.337 e. The third kappa shape index (κ3) is 3.34. The van der Waals surface area contributed by atoms with Crippen LogP contribution in [-0.2, 0) is 6.54 Å². The van der Waals surface area contributed by atoms with Crippen LogP contribution < -0.4 is 5.32 Å². The van der Waals surface area contributed by atoms with E-state index in [1.165, 1.54) is 12.1 Å². The van der Waals surface area contributed by atoms with Gasteiger partial charge in [-0.2, -0.15) is 0 Å². The third-order valence-electron chi connectivity index (χ3n) is 4.07. The summed E-state index contributed by atoms with van der Waals surface area (Å²) < 4.78 is 1.95. The lowest BCUT2D eigenvalue weighted by atomic mass is 10.1. The molecule has 0 radical (unpaired) electrons. The first-order chi connectivity index (χ1) is 11.8. The van der Waals surface area contributed by atoms with Gasteiger partial charge >= 0.3 is 0 Å². The van der Waals surface area contributed by atoms with E-state index in [-0.39, 0.29) is 5.91 Å². The molecule has 3 nitrogen and oxygen atoms in total. The molecule has 2 aromatic carbocycles. The maximum Gasteiger partial charge on any atom is 0.272 e. The van der Waals surface area contributed by atoms with Gasteiger partial charge in [-0.3, -0.25) is 4.79 Å². The molecule has 3 rings (SSSR count). The van der Waals surface area contributed by atoms with Crippen LogP contribution in [-0.4, -0.2) is 10.5 Å². The monoisotopic (exact) mass is 414 g/mol. The Kier molecular flexibility index (Phi) is 5.21. The fraction of sp³-hybridized carbons (Fsp3) is 0.167. The lowest BCUT2D eigenvalue weighted by Gasteiger charge is -2.12. The van der Waals surface area contributed by atoms with Crippen LogP contribution in [0, 0.1) is 6.92 Å². The molecule has 0 aliphatic rings. The Morgan fingerprint density at radius 1 is 1.04 bits per heavy atom. The number of fused-ring (bicyclic) bond motifs is 1. The average molecular weight is 416 g/mol. The van der Waals surface area contributed by atoms with E-state index >= 15 is 0 Å². The van der Waals surface area contributed by atoms with Crippen LogP contribution in [0.25, 0.3) is 10.9 Å². The smallest absolute Gasteiger partial charge is 0.272 e. The van der Waals surface area contributed by atoms with Crippen molar-refractivity contribution < 1.29 is 4.79 Å². The fourth-order valence-corrected chi connectivity index (χ4v) is 3.68. The quantitative estimate of drug-likeness (QED) is 0.467. The number of aryl methyl sites for hydroxylation is 2. The summed E-state index contributed by atoms with van der Waals surface area (Å²) in [4.78, 5) is 12.9. The predicted octanol–water partition coefficient (Wildman–Crippen LogP) is 6.84. The Morgan fingerprint density at radius 2 is 1.72 bits per heavy atom. The van der Waals surface area contributed by atoms with Crippen LogP contribution in [0.5, 0.6) is 0 Å². The summed E-state index contributed by atoms with van der Waals surface area (Å²) >= 11 is 24.2. The van der Waals surface area contributed by atoms with E-state index in [4.69, 9.17) is 46.4 Å². The van der Waals surface area contributed by atoms with Crippen LogP contribution in [0.3, 0.4) is 0 Å². The number of amides is 1. The molecule has 1 heterocycles. The number of nitrogens with zero attached hydrogens (tertiary/aromatic N) is 1. The molecule has 0 aliphatic heterocycles. The van der Waals surface area contributed by atoms with Crippen molar-refractivity contribution in [2.24, 2.45) is 0 Å². The first-order valence-corrected chi connectivity index (χ1v) is 9.09. The van der Waals surface area contributed by atoms with E-state index in [2.05, 4.69) is 5.32 Å². The number of hydrogen-bond donors (Lipinski definition) is 1. The van der Waals surface area contributed by atoms with Crippen LogP contribution >= 0.6 is 46.4 Å². The maximum atomic E-state index is 12.9. The molecule has 0 spiro atoms. The van der Waals surface area contributed by atoms with Crippen molar-refractivity contribution in [3.8, 4) is 0 Å². The molecule has 1 amide bonds. The molecular formula is C18H14Cl4N2O. The molecule has 3 aromatic rings. The lowest BCUT2D eigenvalue weighted by molar-refractivity contribution is 0.101. The van der Waals surface area contributed by atoms with Gasteiger partial charge in [-0.1, -0.05) is 46.4 Å². The second-order valence-electron chi connectivity index (χ2n) is 5.58. The summed E-state index contributed by atoms with van der Waals surface area (Å²) in [5.41, 5.74) is 2.77. The molecule has 0 saturated carbocycles. The van der Waals surface area contributed by atoms with Gasteiger partial charge in [-0.05, 0) is 49.7 Å². The Labute approximate surface area is 165 Å². The van der Waals surface area contributed by atoms with Crippen molar-refractivity contribution >= 4 is 68.9 Å². The van der Waals surface area contributed by atoms with E-state index in [1.54, 1.807) is 0 Å². The molecule has 1 aromatic heterocycles. The number of nitrogens with one attached hydrogen (secondary N) is 1. The van der Waals surface area contributed by atoms with E-state index in [1.807, 2.05) is 36.6 Å². The van der Waals surface area contributed by atoms with Gasteiger partial charge in [0.25, 0.3) is 5.91 Å². The van der Waals surface area contributed by atoms with Gasteiger partial charge in [0.1, 0.15) is 5.69 Å². The molecule has 25 heavy (non-hydrogen) atoms. The highest BCUT2D eigenvalue weighted by Gasteiger charge is 2.21. The minimum atomic E-state index is -0.271. The van der Waals surface area contributed by atoms with Crippen LogP contribution in [0.15, 0.2) is 30.3 Å². The minimum absolute atomic E-state index is 0.271. The Bertz CT molecular complexity index is 995. The number of aromatic nitrogens is 1. The Balaban J connectivity index is 2.09. The average Bonchev–Trinajstić information content (AvgIpc) is 2.84. The zero-order chi connectivity index (χ0) is 18.3. The molecule has 0 fully saturated rings. The summed E-state index contributed by atoms with van der Waals surface area (Å²) in [5.74, 6) is -0.271. The third-order valence-corrected chi connectivity index (χ3v) is 5.34. The highest BCUT2D eigenvalue weighted by molar-refractivity contribution is 6.44. The van der Waals surface area contributed by atoms with Crippen molar-refractivity contribution in [2.75, 3.05) is 5.32 Å². The number of rotatable bonds is 3. The van der Waals surface area contributed by atoms with Crippen molar-refractivity contribution in [2.45, 2.75) is 20.4 Å². The van der Waals surface area contributed by atoms with Crippen LogP contribution in [0.4, 0.5) is 5.69 Å². The van der Waals surface area contributed by atoms with Gasteiger partial charge in [0.05, 0.1) is 20.8 Å². The first-order valence-electron chi connectivity index (χ1n) is 7.57. The number of halogens is 4. The van der Waals surface area contributed by atoms with Gasteiger partial charge in [0.2, 0.25) is 0 Å². The summed E-state index contributed by atoms with van der Waals surface area (Å²) in [6.45, 7) is 4.52. The molecule has 0 aliphatic carbocycles. The second kappa shape index (κ2) is 7.08. The second-order valence-corrected chi connectivity index (χ2v) is 7.24. The number of anilines is 1. The summed E-state index contributed by atoms with van der Waals surface area (Å²) in [5, 5.41) is 5.36. The van der Waals surface area contributed by atoms with Gasteiger partial charge in [-0.25, -0.2) is 0 Å².